The summed E-state index contributed by atoms with van der Waals surface area (Å²) in [6, 6.07) is 8.32. The number of carbonyl (C=O) groups is 1. The summed E-state index contributed by atoms with van der Waals surface area (Å²) in [5.74, 6) is -0.438. The number of rotatable bonds is 6. The van der Waals surface area contributed by atoms with Crippen molar-refractivity contribution in [1.82, 2.24) is 5.32 Å². The summed E-state index contributed by atoms with van der Waals surface area (Å²) in [5, 5.41) is 2.48. The van der Waals surface area contributed by atoms with Crippen molar-refractivity contribution >= 4 is 15.7 Å². The van der Waals surface area contributed by atoms with E-state index >= 15 is 0 Å². The molecule has 1 aromatic carbocycles. The number of nitrogens with one attached hydrogen (secondary N) is 1. The molecule has 100 valence electrons. The lowest BCUT2D eigenvalue weighted by Gasteiger charge is -2.08. The zero-order valence-corrected chi connectivity index (χ0v) is 11.1. The van der Waals surface area contributed by atoms with E-state index in [1.165, 1.54) is 0 Å². The van der Waals surface area contributed by atoms with Crippen LogP contribution in [0.2, 0.25) is 0 Å². The zero-order valence-electron chi connectivity index (χ0n) is 10.3. The van der Waals surface area contributed by atoms with Crippen molar-refractivity contribution < 1.29 is 13.2 Å². The molecule has 0 heterocycles. The minimum atomic E-state index is -3.21. The Morgan fingerprint density at radius 2 is 1.94 bits per heavy atom. The fourth-order valence-electron chi connectivity index (χ4n) is 1.39. The predicted molar refractivity (Wildman–Crippen MR) is 70.6 cm³/mol. The lowest BCUT2D eigenvalue weighted by molar-refractivity contribution is -0.121. The smallest absolute Gasteiger partial charge is 0.236 e. The third-order valence-corrected chi connectivity index (χ3v) is 3.95. The molecule has 0 unspecified atom stereocenters. The normalized spacial score (nSPS) is 13.0. The van der Waals surface area contributed by atoms with Gasteiger partial charge in [-0.25, -0.2) is 8.42 Å². The second kappa shape index (κ2) is 6.51. The molecule has 0 spiro atoms. The van der Waals surface area contributed by atoms with E-state index in [1.807, 2.05) is 6.07 Å². The molecule has 3 N–H and O–H groups in total. The summed E-state index contributed by atoms with van der Waals surface area (Å²) >= 11 is 0. The van der Waals surface area contributed by atoms with Crippen LogP contribution < -0.4 is 11.1 Å². The van der Waals surface area contributed by atoms with Crippen LogP contribution in [-0.4, -0.2) is 32.7 Å². The number of benzene rings is 1. The summed E-state index contributed by atoms with van der Waals surface area (Å²) < 4.78 is 23.5. The average Bonchev–Trinajstić information content (AvgIpc) is 2.29. The molecule has 1 amide bonds. The van der Waals surface area contributed by atoms with Gasteiger partial charge in [-0.3, -0.25) is 4.79 Å². The number of hydrogen-bond donors (Lipinski definition) is 2. The van der Waals surface area contributed by atoms with Gasteiger partial charge in [-0.05, 0) is 12.5 Å². The molecule has 0 saturated heterocycles. The largest absolute Gasteiger partial charge is 0.354 e. The summed E-state index contributed by atoms with van der Waals surface area (Å²) in [5.41, 5.74) is 6.09. The highest BCUT2D eigenvalue weighted by atomic mass is 32.2. The molecule has 0 aliphatic carbocycles. The number of nitrogens with two attached hydrogens (primary N) is 1. The molecule has 0 fully saturated rings. The van der Waals surface area contributed by atoms with Crippen molar-refractivity contribution in [2.24, 2.45) is 5.73 Å². The maximum absolute atomic E-state index is 11.8. The minimum Gasteiger partial charge on any atom is -0.354 e. The van der Waals surface area contributed by atoms with Gasteiger partial charge in [-0.15, -0.1) is 0 Å². The minimum absolute atomic E-state index is 0.0120. The Kier molecular flexibility index (Phi) is 5.30. The maximum Gasteiger partial charge on any atom is 0.236 e. The van der Waals surface area contributed by atoms with Gasteiger partial charge in [0.2, 0.25) is 5.91 Å². The van der Waals surface area contributed by atoms with Crippen LogP contribution in [-0.2, 0) is 20.4 Å². The lowest BCUT2D eigenvalue weighted by Crippen LogP contribution is -2.40. The van der Waals surface area contributed by atoms with Gasteiger partial charge >= 0.3 is 0 Å². The molecule has 0 aliphatic heterocycles. The zero-order chi connectivity index (χ0) is 13.6. The molecule has 1 aromatic rings. The van der Waals surface area contributed by atoms with E-state index < -0.39 is 15.9 Å². The summed E-state index contributed by atoms with van der Waals surface area (Å²) in [6.07, 6.45) is 0. The molecule has 5 nitrogen and oxygen atoms in total. The summed E-state index contributed by atoms with van der Waals surface area (Å²) in [4.78, 5) is 11.2. The van der Waals surface area contributed by atoms with E-state index in [4.69, 9.17) is 5.73 Å². The number of amides is 1. The highest BCUT2D eigenvalue weighted by molar-refractivity contribution is 7.90. The van der Waals surface area contributed by atoms with Crippen LogP contribution >= 0.6 is 0 Å². The molecule has 0 aliphatic rings. The second-order valence-corrected chi connectivity index (χ2v) is 6.34. The molecule has 0 bridgehead atoms. The Morgan fingerprint density at radius 1 is 1.33 bits per heavy atom. The molecule has 0 aromatic heterocycles. The van der Waals surface area contributed by atoms with Gasteiger partial charge in [0.25, 0.3) is 0 Å². The number of sulfone groups is 1. The van der Waals surface area contributed by atoms with Crippen molar-refractivity contribution in [3.05, 3.63) is 35.9 Å². The standard InChI is InChI=1S/C12H18N2O3S/c1-10(13)12(15)14-7-8-18(16,17)9-11-5-3-2-4-6-11/h2-6,10H,7-9,13H2,1H3,(H,14,15)/t10-/m1/s1. The van der Waals surface area contributed by atoms with Gasteiger partial charge in [0, 0.05) is 6.54 Å². The van der Waals surface area contributed by atoms with Crippen molar-refractivity contribution in [1.29, 1.82) is 0 Å². The Labute approximate surface area is 107 Å². The van der Waals surface area contributed by atoms with Gasteiger partial charge in [-0.2, -0.15) is 0 Å². The van der Waals surface area contributed by atoms with Crippen molar-refractivity contribution in [2.45, 2.75) is 18.7 Å². The summed E-state index contributed by atoms with van der Waals surface area (Å²) in [7, 11) is -3.21. The molecular weight excluding hydrogens is 252 g/mol. The SMILES string of the molecule is C[C@@H](N)C(=O)NCCS(=O)(=O)Cc1ccccc1. The molecule has 1 rings (SSSR count). The summed E-state index contributed by atoms with van der Waals surface area (Å²) in [6.45, 7) is 1.64. The molecule has 18 heavy (non-hydrogen) atoms. The van der Waals surface area contributed by atoms with Crippen LogP contribution in [0.3, 0.4) is 0 Å². The lowest BCUT2D eigenvalue weighted by atomic mass is 10.2. The Hall–Kier alpha value is -1.40. The fourth-order valence-corrected chi connectivity index (χ4v) is 2.65. The first kappa shape index (κ1) is 14.7. The highest BCUT2D eigenvalue weighted by Crippen LogP contribution is 2.05. The van der Waals surface area contributed by atoms with Crippen LogP contribution in [0.1, 0.15) is 12.5 Å². The van der Waals surface area contributed by atoms with Crippen LogP contribution in [0.4, 0.5) is 0 Å². The number of carbonyl (C=O) groups excluding carboxylic acids is 1. The quantitative estimate of drug-likeness (QED) is 0.765. The van der Waals surface area contributed by atoms with E-state index in [0.29, 0.717) is 0 Å². The van der Waals surface area contributed by atoms with Crippen LogP contribution in [0.25, 0.3) is 0 Å². The van der Waals surface area contributed by atoms with E-state index in [0.717, 1.165) is 5.56 Å². The molecule has 6 heteroatoms. The van der Waals surface area contributed by atoms with Gasteiger partial charge < -0.3 is 11.1 Å². The van der Waals surface area contributed by atoms with E-state index in [9.17, 15) is 13.2 Å². The van der Waals surface area contributed by atoms with Crippen molar-refractivity contribution in [2.75, 3.05) is 12.3 Å². The average molecular weight is 270 g/mol. The van der Waals surface area contributed by atoms with E-state index in [1.54, 1.807) is 31.2 Å². The predicted octanol–water partition coefficient (Wildman–Crippen LogP) is 0.0648. The highest BCUT2D eigenvalue weighted by Gasteiger charge is 2.13. The Bertz CT molecular complexity index is 483. The monoisotopic (exact) mass is 270 g/mol. The van der Waals surface area contributed by atoms with Crippen LogP contribution in [0.5, 0.6) is 0 Å². The first-order valence-electron chi connectivity index (χ1n) is 5.68. The van der Waals surface area contributed by atoms with E-state index in [2.05, 4.69) is 5.32 Å². The molecule has 0 radical (unpaired) electrons. The van der Waals surface area contributed by atoms with Gasteiger partial charge in [0.15, 0.2) is 9.84 Å². The Morgan fingerprint density at radius 3 is 2.50 bits per heavy atom. The first-order chi connectivity index (χ1) is 8.41. The van der Waals surface area contributed by atoms with Crippen molar-refractivity contribution in [3.63, 3.8) is 0 Å². The third-order valence-electron chi connectivity index (χ3n) is 2.36. The van der Waals surface area contributed by atoms with Gasteiger partial charge in [0.05, 0.1) is 17.5 Å². The van der Waals surface area contributed by atoms with Gasteiger partial charge in [0.1, 0.15) is 0 Å². The number of hydrogen-bond acceptors (Lipinski definition) is 4. The second-order valence-electron chi connectivity index (χ2n) is 4.16. The van der Waals surface area contributed by atoms with E-state index in [-0.39, 0.29) is 24.0 Å². The van der Waals surface area contributed by atoms with Crippen LogP contribution in [0.15, 0.2) is 30.3 Å². The topological polar surface area (TPSA) is 89.3 Å². The van der Waals surface area contributed by atoms with Gasteiger partial charge in [-0.1, -0.05) is 30.3 Å². The molecule has 1 atom stereocenters. The molecule has 0 saturated carbocycles. The fraction of sp³-hybridized carbons (Fsp3) is 0.417. The molecular formula is C12H18N2O3S. The van der Waals surface area contributed by atoms with Crippen molar-refractivity contribution in [3.8, 4) is 0 Å². The first-order valence-corrected chi connectivity index (χ1v) is 7.50. The third kappa shape index (κ3) is 5.29. The maximum atomic E-state index is 11.8. The van der Waals surface area contributed by atoms with Crippen LogP contribution in [0, 0.1) is 0 Å². The Balaban J connectivity index is 2.44.